The standard InChI is InChI=1S/C15H20N2O3/c1-3-9-17(10-8-15(19)20)11-14(18)16-13-7-5-4-6-12(13)2/h3-7H,1,8-11H2,2H3,(H,16,18)(H,19,20). The van der Waals surface area contributed by atoms with Gasteiger partial charge in [-0.05, 0) is 18.6 Å². The maximum atomic E-state index is 12.0. The van der Waals surface area contributed by atoms with E-state index in [1.165, 1.54) is 0 Å². The smallest absolute Gasteiger partial charge is 0.304 e. The number of aliphatic carboxylic acids is 1. The summed E-state index contributed by atoms with van der Waals surface area (Å²) in [6, 6.07) is 7.51. The first-order valence-electron chi connectivity index (χ1n) is 6.43. The second-order valence-corrected chi connectivity index (χ2v) is 4.53. The molecule has 108 valence electrons. The number of anilines is 1. The van der Waals surface area contributed by atoms with E-state index in [2.05, 4.69) is 11.9 Å². The summed E-state index contributed by atoms with van der Waals surface area (Å²) < 4.78 is 0. The summed E-state index contributed by atoms with van der Waals surface area (Å²) in [4.78, 5) is 24.3. The minimum Gasteiger partial charge on any atom is -0.481 e. The number of carboxylic acids is 1. The van der Waals surface area contributed by atoms with Crippen LogP contribution in [0.1, 0.15) is 12.0 Å². The Morgan fingerprint density at radius 1 is 1.40 bits per heavy atom. The number of carboxylic acid groups (broad SMARTS) is 1. The van der Waals surface area contributed by atoms with E-state index in [9.17, 15) is 9.59 Å². The second-order valence-electron chi connectivity index (χ2n) is 4.53. The fraction of sp³-hybridized carbons (Fsp3) is 0.333. The lowest BCUT2D eigenvalue weighted by molar-refractivity contribution is -0.137. The molecular formula is C15H20N2O3. The Morgan fingerprint density at radius 2 is 2.10 bits per heavy atom. The minimum absolute atomic E-state index is 0.00544. The molecule has 5 heteroatoms. The molecule has 1 amide bonds. The van der Waals surface area contributed by atoms with E-state index in [-0.39, 0.29) is 18.9 Å². The summed E-state index contributed by atoms with van der Waals surface area (Å²) in [5.74, 6) is -1.04. The molecule has 0 aliphatic heterocycles. The van der Waals surface area contributed by atoms with E-state index in [1.54, 1.807) is 11.0 Å². The molecule has 1 aromatic carbocycles. The lowest BCUT2D eigenvalue weighted by atomic mass is 10.2. The van der Waals surface area contributed by atoms with Gasteiger partial charge in [0.25, 0.3) is 0 Å². The lowest BCUT2D eigenvalue weighted by Gasteiger charge is -2.19. The molecule has 1 aromatic rings. The Kier molecular flexibility index (Phi) is 6.46. The van der Waals surface area contributed by atoms with Crippen LogP contribution in [0.3, 0.4) is 0 Å². The molecule has 0 fully saturated rings. The molecule has 5 nitrogen and oxygen atoms in total. The molecule has 0 atom stereocenters. The summed E-state index contributed by atoms with van der Waals surface area (Å²) in [5, 5.41) is 11.5. The summed E-state index contributed by atoms with van der Waals surface area (Å²) >= 11 is 0. The number of benzene rings is 1. The van der Waals surface area contributed by atoms with Crippen LogP contribution in [-0.4, -0.2) is 41.5 Å². The largest absolute Gasteiger partial charge is 0.481 e. The number of nitrogens with zero attached hydrogens (tertiary/aromatic N) is 1. The third-order valence-electron chi connectivity index (χ3n) is 2.82. The van der Waals surface area contributed by atoms with Gasteiger partial charge in [0.15, 0.2) is 0 Å². The Bertz CT molecular complexity index is 486. The Balaban J connectivity index is 2.55. The number of amides is 1. The number of hydrogen-bond donors (Lipinski definition) is 2. The predicted octanol–water partition coefficient (Wildman–Crippen LogP) is 1.90. The van der Waals surface area contributed by atoms with Gasteiger partial charge >= 0.3 is 5.97 Å². The van der Waals surface area contributed by atoms with Crippen molar-refractivity contribution in [2.45, 2.75) is 13.3 Å². The van der Waals surface area contributed by atoms with Crippen molar-refractivity contribution < 1.29 is 14.7 Å². The summed E-state index contributed by atoms with van der Waals surface area (Å²) in [5.41, 5.74) is 1.76. The fourth-order valence-electron chi connectivity index (χ4n) is 1.78. The summed E-state index contributed by atoms with van der Waals surface area (Å²) in [6.45, 7) is 6.48. The van der Waals surface area contributed by atoms with Gasteiger partial charge in [-0.15, -0.1) is 6.58 Å². The van der Waals surface area contributed by atoms with E-state index in [1.807, 2.05) is 31.2 Å². The highest BCUT2D eigenvalue weighted by molar-refractivity contribution is 5.92. The maximum absolute atomic E-state index is 12.0. The molecule has 0 aliphatic carbocycles. The van der Waals surface area contributed by atoms with E-state index in [4.69, 9.17) is 5.11 Å². The Hall–Kier alpha value is -2.14. The van der Waals surface area contributed by atoms with Gasteiger partial charge in [0.2, 0.25) is 5.91 Å². The normalized spacial score (nSPS) is 10.3. The highest BCUT2D eigenvalue weighted by atomic mass is 16.4. The van der Waals surface area contributed by atoms with Gasteiger partial charge in [0.1, 0.15) is 0 Å². The average molecular weight is 276 g/mol. The zero-order chi connectivity index (χ0) is 15.0. The fourth-order valence-corrected chi connectivity index (χ4v) is 1.78. The predicted molar refractivity (Wildman–Crippen MR) is 78.7 cm³/mol. The van der Waals surface area contributed by atoms with Gasteiger partial charge in [-0.3, -0.25) is 14.5 Å². The number of rotatable bonds is 8. The quantitative estimate of drug-likeness (QED) is 0.711. The van der Waals surface area contributed by atoms with Crippen LogP contribution in [0.5, 0.6) is 0 Å². The van der Waals surface area contributed by atoms with Crippen LogP contribution in [0, 0.1) is 6.92 Å². The van der Waals surface area contributed by atoms with Crippen LogP contribution < -0.4 is 5.32 Å². The van der Waals surface area contributed by atoms with E-state index < -0.39 is 5.97 Å². The summed E-state index contributed by atoms with van der Waals surface area (Å²) in [6.07, 6.45) is 1.66. The Morgan fingerprint density at radius 3 is 2.70 bits per heavy atom. The zero-order valence-corrected chi connectivity index (χ0v) is 11.6. The zero-order valence-electron chi connectivity index (χ0n) is 11.6. The lowest BCUT2D eigenvalue weighted by Crippen LogP contribution is -2.35. The highest BCUT2D eigenvalue weighted by Crippen LogP contribution is 2.12. The van der Waals surface area contributed by atoms with Crippen LogP contribution in [0.25, 0.3) is 0 Å². The number of carbonyl (C=O) groups excluding carboxylic acids is 1. The second kappa shape index (κ2) is 8.12. The first-order valence-corrected chi connectivity index (χ1v) is 6.43. The molecule has 1 rings (SSSR count). The van der Waals surface area contributed by atoms with Crippen LogP contribution in [0.2, 0.25) is 0 Å². The number of para-hydroxylation sites is 1. The molecule has 2 N–H and O–H groups in total. The molecular weight excluding hydrogens is 256 g/mol. The maximum Gasteiger partial charge on any atom is 0.304 e. The molecule has 0 heterocycles. The van der Waals surface area contributed by atoms with E-state index >= 15 is 0 Å². The Labute approximate surface area is 118 Å². The monoisotopic (exact) mass is 276 g/mol. The van der Waals surface area contributed by atoms with Crippen molar-refractivity contribution in [1.29, 1.82) is 0 Å². The third-order valence-corrected chi connectivity index (χ3v) is 2.82. The molecule has 0 aliphatic rings. The average Bonchev–Trinajstić information content (AvgIpc) is 2.39. The molecule has 0 unspecified atom stereocenters. The summed E-state index contributed by atoms with van der Waals surface area (Å²) in [7, 11) is 0. The van der Waals surface area contributed by atoms with Gasteiger partial charge in [-0.2, -0.15) is 0 Å². The van der Waals surface area contributed by atoms with Crippen molar-refractivity contribution in [3.8, 4) is 0 Å². The van der Waals surface area contributed by atoms with E-state index in [0.29, 0.717) is 13.1 Å². The van der Waals surface area contributed by atoms with Crippen molar-refractivity contribution >= 4 is 17.6 Å². The number of aryl methyl sites for hydroxylation is 1. The molecule has 0 radical (unpaired) electrons. The van der Waals surface area contributed by atoms with Crippen LogP contribution in [-0.2, 0) is 9.59 Å². The SMILES string of the molecule is C=CCN(CCC(=O)O)CC(=O)Nc1ccccc1C. The van der Waals surface area contributed by atoms with Crippen LogP contribution in [0.4, 0.5) is 5.69 Å². The van der Waals surface area contributed by atoms with Crippen LogP contribution >= 0.6 is 0 Å². The van der Waals surface area contributed by atoms with Gasteiger partial charge in [-0.1, -0.05) is 24.3 Å². The first kappa shape index (κ1) is 15.9. The first-order chi connectivity index (χ1) is 9.52. The minimum atomic E-state index is -0.877. The topological polar surface area (TPSA) is 69.6 Å². The molecule has 0 spiro atoms. The van der Waals surface area contributed by atoms with Crippen molar-refractivity contribution in [2.75, 3.05) is 25.0 Å². The number of hydrogen-bond acceptors (Lipinski definition) is 3. The van der Waals surface area contributed by atoms with Crippen LogP contribution in [0.15, 0.2) is 36.9 Å². The van der Waals surface area contributed by atoms with Gasteiger partial charge < -0.3 is 10.4 Å². The van der Waals surface area contributed by atoms with Gasteiger partial charge in [0.05, 0.1) is 13.0 Å². The van der Waals surface area contributed by atoms with Crippen molar-refractivity contribution in [1.82, 2.24) is 4.90 Å². The van der Waals surface area contributed by atoms with Crippen molar-refractivity contribution in [3.05, 3.63) is 42.5 Å². The van der Waals surface area contributed by atoms with E-state index in [0.717, 1.165) is 11.3 Å². The van der Waals surface area contributed by atoms with Gasteiger partial charge in [0, 0.05) is 18.8 Å². The van der Waals surface area contributed by atoms with Gasteiger partial charge in [-0.25, -0.2) is 0 Å². The molecule has 0 bridgehead atoms. The number of carbonyl (C=O) groups is 2. The van der Waals surface area contributed by atoms with Crippen molar-refractivity contribution in [2.24, 2.45) is 0 Å². The van der Waals surface area contributed by atoms with Crippen molar-refractivity contribution in [3.63, 3.8) is 0 Å². The molecule has 0 saturated carbocycles. The molecule has 20 heavy (non-hydrogen) atoms. The third kappa shape index (κ3) is 5.67. The molecule has 0 aromatic heterocycles. The number of nitrogens with one attached hydrogen (secondary N) is 1. The highest BCUT2D eigenvalue weighted by Gasteiger charge is 2.11. The molecule has 0 saturated heterocycles.